The quantitative estimate of drug-likeness (QED) is 0.634. The molecule has 11 heteroatoms. The van der Waals surface area contributed by atoms with Crippen LogP contribution < -0.4 is 5.32 Å². The van der Waals surface area contributed by atoms with Gasteiger partial charge in [0, 0.05) is 49.9 Å². The number of pyridine rings is 1. The second kappa shape index (κ2) is 9.67. The molecule has 1 saturated heterocycles. The zero-order valence-electron chi connectivity index (χ0n) is 16.8. The largest absolute Gasteiger partial charge is 0.356 e. The molecule has 0 aliphatic carbocycles. The summed E-state index contributed by atoms with van der Waals surface area (Å²) < 4.78 is 33.1. The summed E-state index contributed by atoms with van der Waals surface area (Å²) in [7, 11) is -3.62. The number of aromatic nitrogens is 3. The van der Waals surface area contributed by atoms with E-state index in [9.17, 15) is 13.2 Å². The van der Waals surface area contributed by atoms with Crippen molar-refractivity contribution in [3.63, 3.8) is 0 Å². The van der Waals surface area contributed by atoms with Gasteiger partial charge in [-0.05, 0) is 42.8 Å². The molecule has 3 aromatic rings. The van der Waals surface area contributed by atoms with Crippen molar-refractivity contribution in [3.05, 3.63) is 47.9 Å². The fraction of sp³-hybridized carbons (Fsp3) is 0.400. The molecule has 0 aromatic carbocycles. The maximum Gasteiger partial charge on any atom is 0.252 e. The number of carbonyl (C=O) groups is 1. The van der Waals surface area contributed by atoms with E-state index in [4.69, 9.17) is 4.52 Å². The molecule has 1 fully saturated rings. The first-order valence-electron chi connectivity index (χ1n) is 10.1. The zero-order chi connectivity index (χ0) is 21.7. The van der Waals surface area contributed by atoms with Gasteiger partial charge in [-0.2, -0.15) is 9.29 Å². The highest BCUT2D eigenvalue weighted by Crippen LogP contribution is 2.27. The molecule has 164 valence electrons. The molecular weight excluding hydrogens is 438 g/mol. The van der Waals surface area contributed by atoms with Crippen LogP contribution in [0.1, 0.15) is 37.5 Å². The predicted molar refractivity (Wildman–Crippen MR) is 115 cm³/mol. The maximum absolute atomic E-state index is 13.0. The standard InChI is InChI=1S/C20H23N5O4S2/c26-17-8-12-25(31(27,28)18-6-3-13-30-18)11-2-5-15(7-10-22-17)20-23-19(24-29-20)16-4-1-9-21-14-16/h1,3-4,6,9,13-15H,2,5,7-8,10-12H2,(H,22,26). The summed E-state index contributed by atoms with van der Waals surface area (Å²) >= 11 is 1.18. The Kier molecular flexibility index (Phi) is 6.73. The van der Waals surface area contributed by atoms with Gasteiger partial charge in [0.25, 0.3) is 10.0 Å². The first kappa shape index (κ1) is 21.6. The van der Waals surface area contributed by atoms with Crippen LogP contribution in [0.5, 0.6) is 0 Å². The van der Waals surface area contributed by atoms with Crippen LogP contribution >= 0.6 is 11.3 Å². The van der Waals surface area contributed by atoms with Crippen molar-refractivity contribution in [3.8, 4) is 11.4 Å². The molecule has 0 spiro atoms. The second-order valence-corrected chi connectivity index (χ2v) is 10.4. The highest BCUT2D eigenvalue weighted by atomic mass is 32.2. The normalized spacial score (nSPS) is 19.5. The minimum Gasteiger partial charge on any atom is -0.356 e. The van der Waals surface area contributed by atoms with Crippen molar-refractivity contribution in [1.29, 1.82) is 0 Å². The van der Waals surface area contributed by atoms with Crippen molar-refractivity contribution in [2.75, 3.05) is 19.6 Å². The van der Waals surface area contributed by atoms with Gasteiger partial charge in [-0.25, -0.2) is 8.42 Å². The van der Waals surface area contributed by atoms with Gasteiger partial charge in [-0.1, -0.05) is 11.2 Å². The third-order valence-electron chi connectivity index (χ3n) is 5.16. The Balaban J connectivity index is 1.51. The number of thiophene rings is 1. The highest BCUT2D eigenvalue weighted by Gasteiger charge is 2.27. The van der Waals surface area contributed by atoms with Crippen molar-refractivity contribution < 1.29 is 17.7 Å². The van der Waals surface area contributed by atoms with Crippen LogP contribution in [0, 0.1) is 0 Å². The summed E-state index contributed by atoms with van der Waals surface area (Å²) in [5.41, 5.74) is 0.760. The van der Waals surface area contributed by atoms with Gasteiger partial charge in [-0.3, -0.25) is 9.78 Å². The Labute approximate surface area is 184 Å². The topological polar surface area (TPSA) is 118 Å². The summed E-state index contributed by atoms with van der Waals surface area (Å²) in [6.45, 7) is 0.946. The Morgan fingerprint density at radius 1 is 1.19 bits per heavy atom. The van der Waals surface area contributed by atoms with E-state index in [0.717, 1.165) is 5.56 Å². The highest BCUT2D eigenvalue weighted by molar-refractivity contribution is 7.91. The van der Waals surface area contributed by atoms with Crippen LogP contribution in [-0.2, 0) is 14.8 Å². The van der Waals surface area contributed by atoms with Gasteiger partial charge < -0.3 is 9.84 Å². The second-order valence-electron chi connectivity index (χ2n) is 7.26. The van der Waals surface area contributed by atoms with Crippen molar-refractivity contribution in [2.45, 2.75) is 35.8 Å². The van der Waals surface area contributed by atoms with Crippen LogP contribution in [0.15, 0.2) is 50.8 Å². The number of sulfonamides is 1. The van der Waals surface area contributed by atoms with Crippen LogP contribution in [0.4, 0.5) is 0 Å². The Hall–Kier alpha value is -2.63. The molecule has 0 saturated carbocycles. The van der Waals surface area contributed by atoms with Gasteiger partial charge in [0.2, 0.25) is 17.6 Å². The first-order chi connectivity index (χ1) is 15.0. The molecule has 31 heavy (non-hydrogen) atoms. The van der Waals surface area contributed by atoms with Crippen LogP contribution in [0.25, 0.3) is 11.4 Å². The van der Waals surface area contributed by atoms with Crippen molar-refractivity contribution in [1.82, 2.24) is 24.7 Å². The molecule has 1 unspecified atom stereocenters. The Morgan fingerprint density at radius 2 is 2.10 bits per heavy atom. The zero-order valence-corrected chi connectivity index (χ0v) is 18.4. The third kappa shape index (κ3) is 5.17. The van der Waals surface area contributed by atoms with E-state index >= 15 is 0 Å². The molecule has 9 nitrogen and oxygen atoms in total. The van der Waals surface area contributed by atoms with Gasteiger partial charge in [-0.15, -0.1) is 11.3 Å². The molecule has 1 aliphatic rings. The van der Waals surface area contributed by atoms with Gasteiger partial charge in [0.15, 0.2) is 0 Å². The maximum atomic E-state index is 13.0. The van der Waals surface area contributed by atoms with Crippen molar-refractivity contribution in [2.24, 2.45) is 0 Å². The smallest absolute Gasteiger partial charge is 0.252 e. The molecule has 4 rings (SSSR count). The van der Waals surface area contributed by atoms with Gasteiger partial charge in [0.05, 0.1) is 0 Å². The average Bonchev–Trinajstić information content (AvgIpc) is 3.47. The van der Waals surface area contributed by atoms with Crippen molar-refractivity contribution >= 4 is 27.3 Å². The third-order valence-corrected chi connectivity index (χ3v) is 8.43. The summed E-state index contributed by atoms with van der Waals surface area (Å²) in [6.07, 6.45) is 5.39. The molecule has 4 heterocycles. The van der Waals surface area contributed by atoms with E-state index in [-0.39, 0.29) is 29.0 Å². The number of amides is 1. The van der Waals surface area contributed by atoms with E-state index in [1.807, 2.05) is 6.07 Å². The van der Waals surface area contributed by atoms with E-state index in [2.05, 4.69) is 20.4 Å². The van der Waals surface area contributed by atoms with Gasteiger partial charge in [0.1, 0.15) is 4.21 Å². The molecule has 0 radical (unpaired) electrons. The lowest BCUT2D eigenvalue weighted by atomic mass is 9.99. The average molecular weight is 462 g/mol. The molecule has 3 aromatic heterocycles. The Morgan fingerprint density at radius 3 is 2.87 bits per heavy atom. The van der Waals surface area contributed by atoms with Gasteiger partial charge >= 0.3 is 0 Å². The van der Waals surface area contributed by atoms with Crippen LogP contribution in [-0.4, -0.2) is 53.4 Å². The first-order valence-corrected chi connectivity index (χ1v) is 12.4. The summed E-state index contributed by atoms with van der Waals surface area (Å²) in [6, 6.07) is 6.96. The Bertz CT molecular complexity index is 1100. The monoisotopic (exact) mass is 461 g/mol. The molecule has 1 amide bonds. The SMILES string of the molecule is O=C1CCN(S(=O)(=O)c2cccs2)CCCC(c2nc(-c3cccnc3)no2)CCN1. The van der Waals surface area contributed by atoms with E-state index < -0.39 is 10.0 Å². The summed E-state index contributed by atoms with van der Waals surface area (Å²) in [5, 5.41) is 8.66. The lowest BCUT2D eigenvalue weighted by Crippen LogP contribution is -2.35. The minimum atomic E-state index is -3.62. The lowest BCUT2D eigenvalue weighted by Gasteiger charge is -2.21. The summed E-state index contributed by atoms with van der Waals surface area (Å²) in [4.78, 5) is 20.8. The molecule has 1 aliphatic heterocycles. The summed E-state index contributed by atoms with van der Waals surface area (Å²) in [5.74, 6) is 0.694. The minimum absolute atomic E-state index is 0.0809. The van der Waals surface area contributed by atoms with Crippen LogP contribution in [0.3, 0.4) is 0 Å². The molecule has 1 atom stereocenters. The van der Waals surface area contributed by atoms with E-state index in [1.165, 1.54) is 15.6 Å². The lowest BCUT2D eigenvalue weighted by molar-refractivity contribution is -0.121. The predicted octanol–water partition coefficient (Wildman–Crippen LogP) is 2.66. The molecule has 0 bridgehead atoms. The van der Waals surface area contributed by atoms with Crippen LogP contribution in [0.2, 0.25) is 0 Å². The number of carbonyl (C=O) groups excluding carboxylic acids is 1. The van der Waals surface area contributed by atoms with E-state index in [1.54, 1.807) is 36.0 Å². The van der Waals surface area contributed by atoms with E-state index in [0.29, 0.717) is 44.1 Å². The molecular formula is C20H23N5O4S2. The molecule has 1 N–H and O–H groups in total. The fourth-order valence-corrected chi connectivity index (χ4v) is 6.13. The fourth-order valence-electron chi connectivity index (χ4n) is 3.51. The number of hydrogen-bond acceptors (Lipinski definition) is 8. The number of rotatable bonds is 4. The number of nitrogens with zero attached hydrogens (tertiary/aromatic N) is 4. The number of nitrogens with one attached hydrogen (secondary N) is 1. The number of hydrogen-bond donors (Lipinski definition) is 1.